The van der Waals surface area contributed by atoms with Gasteiger partial charge in [-0.05, 0) is 12.2 Å². The lowest BCUT2D eigenvalue weighted by Gasteiger charge is -2.11. The highest BCUT2D eigenvalue weighted by Gasteiger charge is 2.05. The van der Waals surface area contributed by atoms with Crippen LogP contribution in [0.2, 0.25) is 0 Å². The smallest absolute Gasteiger partial charge is 0.404 e. The molecular weight excluding hydrogens is 162 g/mol. The average molecular weight is 177 g/mol. The maximum atomic E-state index is 10.1. The maximum absolute atomic E-state index is 10.1. The van der Waals surface area contributed by atoms with Crippen molar-refractivity contribution in [1.82, 2.24) is 5.32 Å². The van der Waals surface area contributed by atoms with Gasteiger partial charge >= 0.3 is 6.09 Å². The van der Waals surface area contributed by atoms with Gasteiger partial charge in [-0.15, -0.1) is 0 Å². The number of rotatable bonds is 4. The van der Waals surface area contributed by atoms with Crippen LogP contribution in [0.15, 0.2) is 0 Å². The molecule has 0 spiro atoms. The van der Waals surface area contributed by atoms with Crippen molar-refractivity contribution in [1.29, 1.82) is 0 Å². The van der Waals surface area contributed by atoms with Crippen LogP contribution in [-0.2, 0) is 0 Å². The minimum absolute atomic E-state index is 0.0416. The molecule has 0 aromatic carbocycles. The van der Waals surface area contributed by atoms with Crippen molar-refractivity contribution in [2.45, 2.75) is 32.1 Å². The molecule has 0 aliphatic heterocycles. The lowest BCUT2D eigenvalue weighted by atomic mass is 10.4. The first-order valence-corrected chi connectivity index (χ1v) is 4.68. The Kier molecular flexibility index (Phi) is 5.11. The topological polar surface area (TPSA) is 49.3 Å². The minimum atomic E-state index is -0.943. The van der Waals surface area contributed by atoms with E-state index in [-0.39, 0.29) is 6.04 Å². The van der Waals surface area contributed by atoms with Crippen molar-refractivity contribution >= 4 is 17.9 Å². The first kappa shape index (κ1) is 10.6. The second kappa shape index (κ2) is 5.29. The summed E-state index contributed by atoms with van der Waals surface area (Å²) in [6.45, 7) is 6.06. The molecule has 0 saturated carbocycles. The largest absolute Gasteiger partial charge is 0.465 e. The highest BCUT2D eigenvalue weighted by atomic mass is 32.2. The van der Waals surface area contributed by atoms with Crippen molar-refractivity contribution in [2.24, 2.45) is 0 Å². The molecule has 0 aromatic rings. The van der Waals surface area contributed by atoms with Crippen LogP contribution in [0.25, 0.3) is 0 Å². The third-order valence-electron chi connectivity index (χ3n) is 1.05. The van der Waals surface area contributed by atoms with Crippen molar-refractivity contribution in [3.8, 4) is 0 Å². The molecule has 0 fully saturated rings. The van der Waals surface area contributed by atoms with Crippen LogP contribution < -0.4 is 5.32 Å². The number of carboxylic acid groups (broad SMARTS) is 1. The van der Waals surface area contributed by atoms with E-state index in [1.165, 1.54) is 0 Å². The quantitative estimate of drug-likeness (QED) is 0.688. The summed E-state index contributed by atoms with van der Waals surface area (Å²) >= 11 is 1.76. The predicted octanol–water partition coefficient (Wildman–Crippen LogP) is 1.78. The molecular formula is C7H15NO2S. The Balaban J connectivity index is 3.37. The van der Waals surface area contributed by atoms with Crippen molar-refractivity contribution in [3.05, 3.63) is 0 Å². The van der Waals surface area contributed by atoms with Gasteiger partial charge in [0.15, 0.2) is 0 Å². The molecule has 0 aromatic heterocycles. The fourth-order valence-electron chi connectivity index (χ4n) is 0.589. The van der Waals surface area contributed by atoms with Gasteiger partial charge in [-0.1, -0.05) is 13.8 Å². The van der Waals surface area contributed by atoms with Crippen molar-refractivity contribution < 1.29 is 9.90 Å². The molecule has 0 bridgehead atoms. The summed E-state index contributed by atoms with van der Waals surface area (Å²) in [6.07, 6.45) is -0.943. The van der Waals surface area contributed by atoms with E-state index in [0.717, 1.165) is 5.75 Å². The third-order valence-corrected chi connectivity index (χ3v) is 2.41. The standard InChI is InChI=1S/C7H15NO2S/c1-5(2)11-4-6(3)8-7(9)10/h5-6,8H,4H2,1-3H3,(H,9,10). The van der Waals surface area contributed by atoms with Crippen molar-refractivity contribution in [2.75, 3.05) is 5.75 Å². The summed E-state index contributed by atoms with van der Waals surface area (Å²) in [5, 5.41) is 11.3. The van der Waals surface area contributed by atoms with Crippen LogP contribution in [-0.4, -0.2) is 28.2 Å². The molecule has 0 heterocycles. The van der Waals surface area contributed by atoms with Gasteiger partial charge < -0.3 is 10.4 Å². The first-order chi connectivity index (χ1) is 5.02. The van der Waals surface area contributed by atoms with Crippen LogP contribution in [0.4, 0.5) is 4.79 Å². The summed E-state index contributed by atoms with van der Waals surface area (Å²) < 4.78 is 0. The van der Waals surface area contributed by atoms with E-state index in [2.05, 4.69) is 19.2 Å². The molecule has 11 heavy (non-hydrogen) atoms. The van der Waals surface area contributed by atoms with Gasteiger partial charge in [-0.25, -0.2) is 4.79 Å². The fraction of sp³-hybridized carbons (Fsp3) is 0.857. The summed E-state index contributed by atoms with van der Waals surface area (Å²) in [4.78, 5) is 10.1. The number of hydrogen-bond donors (Lipinski definition) is 2. The Morgan fingerprint density at radius 1 is 1.55 bits per heavy atom. The lowest BCUT2D eigenvalue weighted by Crippen LogP contribution is -2.33. The van der Waals surface area contributed by atoms with Crippen molar-refractivity contribution in [3.63, 3.8) is 0 Å². The van der Waals surface area contributed by atoms with Gasteiger partial charge in [0.25, 0.3) is 0 Å². The number of amides is 1. The molecule has 0 saturated heterocycles. The summed E-state index contributed by atoms with van der Waals surface area (Å²) in [5.41, 5.74) is 0. The van der Waals surface area contributed by atoms with E-state index in [9.17, 15) is 4.79 Å². The van der Waals surface area contributed by atoms with Gasteiger partial charge in [0.2, 0.25) is 0 Å². The molecule has 0 aliphatic rings. The molecule has 66 valence electrons. The van der Waals surface area contributed by atoms with Crippen LogP contribution in [0.3, 0.4) is 0 Å². The lowest BCUT2D eigenvalue weighted by molar-refractivity contribution is 0.192. The molecule has 1 amide bonds. The second-order valence-corrected chi connectivity index (χ2v) is 4.34. The van der Waals surface area contributed by atoms with Crippen LogP contribution in [0.5, 0.6) is 0 Å². The van der Waals surface area contributed by atoms with Crippen LogP contribution >= 0.6 is 11.8 Å². The Morgan fingerprint density at radius 2 is 2.09 bits per heavy atom. The monoisotopic (exact) mass is 177 g/mol. The van der Waals surface area contributed by atoms with Gasteiger partial charge in [0.1, 0.15) is 0 Å². The SMILES string of the molecule is CC(CSC(C)C)NC(=O)O. The van der Waals surface area contributed by atoms with E-state index in [0.29, 0.717) is 5.25 Å². The zero-order valence-corrected chi connectivity index (χ0v) is 7.94. The van der Waals surface area contributed by atoms with Gasteiger partial charge in [-0.3, -0.25) is 0 Å². The van der Waals surface area contributed by atoms with Gasteiger partial charge in [0, 0.05) is 11.8 Å². The predicted molar refractivity (Wildman–Crippen MR) is 48.2 cm³/mol. The zero-order valence-electron chi connectivity index (χ0n) is 7.13. The zero-order chi connectivity index (χ0) is 8.85. The molecule has 0 aliphatic carbocycles. The minimum Gasteiger partial charge on any atom is -0.465 e. The Morgan fingerprint density at radius 3 is 2.45 bits per heavy atom. The molecule has 0 radical (unpaired) electrons. The third kappa shape index (κ3) is 7.52. The van der Waals surface area contributed by atoms with E-state index >= 15 is 0 Å². The number of hydrogen-bond acceptors (Lipinski definition) is 2. The summed E-state index contributed by atoms with van der Waals surface area (Å²) in [6, 6.07) is 0.0416. The number of thioether (sulfide) groups is 1. The molecule has 2 N–H and O–H groups in total. The van der Waals surface area contributed by atoms with Crippen LogP contribution in [0, 0.1) is 0 Å². The highest BCUT2D eigenvalue weighted by molar-refractivity contribution is 7.99. The van der Waals surface area contributed by atoms with Gasteiger partial charge in [0.05, 0.1) is 0 Å². The summed E-state index contributed by atoms with van der Waals surface area (Å²) in [5.74, 6) is 0.837. The Hall–Kier alpha value is -0.380. The normalized spacial score (nSPS) is 13.1. The molecule has 1 unspecified atom stereocenters. The number of nitrogens with one attached hydrogen (secondary N) is 1. The van der Waals surface area contributed by atoms with Gasteiger partial charge in [-0.2, -0.15) is 11.8 Å². The van der Waals surface area contributed by atoms with E-state index < -0.39 is 6.09 Å². The average Bonchev–Trinajstić information content (AvgIpc) is 1.82. The second-order valence-electron chi connectivity index (χ2n) is 2.73. The highest BCUT2D eigenvalue weighted by Crippen LogP contribution is 2.09. The fourth-order valence-corrected chi connectivity index (χ4v) is 1.35. The maximum Gasteiger partial charge on any atom is 0.404 e. The van der Waals surface area contributed by atoms with E-state index in [4.69, 9.17) is 5.11 Å². The number of carbonyl (C=O) groups is 1. The molecule has 0 rings (SSSR count). The van der Waals surface area contributed by atoms with Crippen LogP contribution in [0.1, 0.15) is 20.8 Å². The molecule has 4 heteroatoms. The van der Waals surface area contributed by atoms with E-state index in [1.807, 2.05) is 6.92 Å². The molecule has 1 atom stereocenters. The Labute approximate surface area is 71.6 Å². The Bertz CT molecular complexity index is 128. The van der Waals surface area contributed by atoms with E-state index in [1.54, 1.807) is 11.8 Å². The summed E-state index contributed by atoms with van der Waals surface area (Å²) in [7, 11) is 0. The molecule has 3 nitrogen and oxygen atoms in total. The first-order valence-electron chi connectivity index (χ1n) is 3.63.